The molecular weight excluding hydrogens is 301 g/mol. The van der Waals surface area contributed by atoms with Gasteiger partial charge in [0.25, 0.3) is 0 Å². The Balaban J connectivity index is 2.87. The minimum Gasteiger partial charge on any atom is -0.504 e. The molecule has 2 atom stereocenters. The van der Waals surface area contributed by atoms with Crippen LogP contribution in [0.2, 0.25) is 0 Å². The van der Waals surface area contributed by atoms with Gasteiger partial charge in [-0.1, -0.05) is 6.07 Å². The van der Waals surface area contributed by atoms with E-state index in [2.05, 4.69) is 0 Å². The molecule has 21 heavy (non-hydrogen) atoms. The Bertz CT molecular complexity index is 548. The van der Waals surface area contributed by atoms with Crippen molar-refractivity contribution in [3.05, 3.63) is 23.8 Å². The van der Waals surface area contributed by atoms with Crippen LogP contribution in [0.1, 0.15) is 17.8 Å². The number of rotatable bonds is 8. The summed E-state index contributed by atoms with van der Waals surface area (Å²) in [6, 6.07) is 3.57. The van der Waals surface area contributed by atoms with Gasteiger partial charge >= 0.3 is 5.97 Å². The molecule has 0 saturated carbocycles. The fourth-order valence-electron chi connectivity index (χ4n) is 1.63. The molecule has 2 unspecified atom stereocenters. The number of ether oxygens (including phenoxy) is 1. The summed E-state index contributed by atoms with van der Waals surface area (Å²) >= 11 is 0. The monoisotopic (exact) mass is 319 g/mol. The lowest BCUT2D eigenvalue weighted by molar-refractivity contribution is -0.139. The van der Waals surface area contributed by atoms with Crippen molar-refractivity contribution in [1.82, 2.24) is 0 Å². The van der Waals surface area contributed by atoms with Crippen LogP contribution in [-0.4, -0.2) is 45.5 Å². The van der Waals surface area contributed by atoms with Gasteiger partial charge < -0.3 is 30.7 Å². The van der Waals surface area contributed by atoms with Crippen LogP contribution in [0.5, 0.6) is 11.5 Å². The Morgan fingerprint density at radius 2 is 2.10 bits per heavy atom. The number of carbonyl (C=O) groups is 1. The average molecular weight is 319 g/mol. The third-order valence-electron chi connectivity index (χ3n) is 2.70. The predicted octanol–water partition coefficient (Wildman–Crippen LogP) is 0.466. The molecule has 1 aromatic carbocycles. The van der Waals surface area contributed by atoms with Gasteiger partial charge in [-0.3, -0.25) is 4.57 Å². The Labute approximate surface area is 121 Å². The van der Waals surface area contributed by atoms with E-state index in [4.69, 9.17) is 15.6 Å². The number of aliphatic carboxylic acids is 1. The molecule has 0 aliphatic carbocycles. The van der Waals surface area contributed by atoms with E-state index in [1.807, 2.05) is 0 Å². The number of phenols is 1. The fourth-order valence-corrected chi connectivity index (χ4v) is 3.14. The summed E-state index contributed by atoms with van der Waals surface area (Å²) in [5.74, 6) is -3.38. The second kappa shape index (κ2) is 7.42. The van der Waals surface area contributed by atoms with E-state index in [-0.39, 0.29) is 30.4 Å². The van der Waals surface area contributed by atoms with Crippen molar-refractivity contribution in [2.75, 3.05) is 19.3 Å². The van der Waals surface area contributed by atoms with Gasteiger partial charge in [0.2, 0.25) is 7.37 Å². The summed E-state index contributed by atoms with van der Waals surface area (Å²) in [4.78, 5) is 20.1. The highest BCUT2D eigenvalue weighted by Crippen LogP contribution is 2.54. The number of benzene rings is 1. The molecule has 0 fully saturated rings. The van der Waals surface area contributed by atoms with Gasteiger partial charge in [0.15, 0.2) is 24.0 Å². The van der Waals surface area contributed by atoms with Gasteiger partial charge in [-0.25, -0.2) is 4.79 Å². The molecule has 8 nitrogen and oxygen atoms in total. The molecule has 118 valence electrons. The Hall–Kier alpha value is -1.60. The standard InChI is InChI=1S/C12H18NO7P/c13-4-1-5-21(18,19)12(17)8-2-3-10(9(14)6-8)20-7-11(15)16/h2-3,6,12,14,17H,1,4-5,7,13H2,(H,15,16)(H,18,19). The van der Waals surface area contributed by atoms with Gasteiger partial charge in [-0.05, 0) is 30.7 Å². The van der Waals surface area contributed by atoms with Gasteiger partial charge in [-0.2, -0.15) is 0 Å². The summed E-state index contributed by atoms with van der Waals surface area (Å²) in [5, 5.41) is 28.1. The maximum absolute atomic E-state index is 11.9. The van der Waals surface area contributed by atoms with E-state index < -0.39 is 31.5 Å². The summed E-state index contributed by atoms with van der Waals surface area (Å²) in [6.07, 6.45) is 0.152. The van der Waals surface area contributed by atoms with Gasteiger partial charge in [0.05, 0.1) is 0 Å². The van der Waals surface area contributed by atoms with Crippen molar-refractivity contribution in [3.8, 4) is 11.5 Å². The van der Waals surface area contributed by atoms with Crippen molar-refractivity contribution < 1.29 is 34.3 Å². The lowest BCUT2D eigenvalue weighted by Crippen LogP contribution is -2.10. The van der Waals surface area contributed by atoms with Crippen LogP contribution in [0.15, 0.2) is 18.2 Å². The number of phenolic OH excluding ortho intramolecular Hbond substituents is 1. The zero-order valence-electron chi connectivity index (χ0n) is 11.2. The van der Waals surface area contributed by atoms with E-state index >= 15 is 0 Å². The first kappa shape index (κ1) is 17.5. The number of hydrogen-bond donors (Lipinski definition) is 5. The van der Waals surface area contributed by atoms with Crippen molar-refractivity contribution in [2.45, 2.75) is 12.3 Å². The quantitative estimate of drug-likeness (QED) is 0.434. The minimum absolute atomic E-state index is 0.0398. The predicted molar refractivity (Wildman–Crippen MR) is 74.6 cm³/mol. The molecule has 0 aromatic heterocycles. The van der Waals surface area contributed by atoms with Crippen molar-refractivity contribution in [1.29, 1.82) is 0 Å². The van der Waals surface area contributed by atoms with Gasteiger partial charge in [-0.15, -0.1) is 0 Å². The molecule has 0 saturated heterocycles. The Morgan fingerprint density at radius 1 is 1.43 bits per heavy atom. The smallest absolute Gasteiger partial charge is 0.341 e. The van der Waals surface area contributed by atoms with Crippen LogP contribution < -0.4 is 10.5 Å². The van der Waals surface area contributed by atoms with E-state index in [0.717, 1.165) is 6.07 Å². The lowest BCUT2D eigenvalue weighted by atomic mass is 10.2. The number of carboxylic acid groups (broad SMARTS) is 1. The first-order valence-corrected chi connectivity index (χ1v) is 8.06. The highest BCUT2D eigenvalue weighted by Gasteiger charge is 2.30. The number of aromatic hydroxyl groups is 1. The third kappa shape index (κ3) is 5.02. The molecule has 0 aliphatic heterocycles. The van der Waals surface area contributed by atoms with E-state index in [0.29, 0.717) is 0 Å². The van der Waals surface area contributed by atoms with Crippen molar-refractivity contribution in [2.24, 2.45) is 5.73 Å². The molecule has 1 rings (SSSR count). The van der Waals surface area contributed by atoms with Gasteiger partial charge in [0.1, 0.15) is 0 Å². The van der Waals surface area contributed by atoms with Crippen LogP contribution in [0.3, 0.4) is 0 Å². The molecule has 0 bridgehead atoms. The minimum atomic E-state index is -3.86. The summed E-state index contributed by atoms with van der Waals surface area (Å²) in [7, 11) is -3.86. The zero-order valence-corrected chi connectivity index (χ0v) is 12.1. The van der Waals surface area contributed by atoms with E-state index in [1.165, 1.54) is 12.1 Å². The molecule has 1 aromatic rings. The second-order valence-electron chi connectivity index (χ2n) is 4.40. The summed E-state index contributed by atoms with van der Waals surface area (Å²) in [6.45, 7) is -0.408. The SMILES string of the molecule is NCCCP(=O)(O)C(O)c1ccc(OCC(=O)O)c(O)c1. The Morgan fingerprint density at radius 3 is 2.62 bits per heavy atom. The number of aliphatic hydroxyl groups excluding tert-OH is 1. The van der Waals surface area contributed by atoms with Crippen molar-refractivity contribution in [3.63, 3.8) is 0 Å². The van der Waals surface area contributed by atoms with Crippen LogP contribution in [-0.2, 0) is 9.36 Å². The summed E-state index contributed by atoms with van der Waals surface area (Å²) in [5.41, 5.74) is 5.30. The van der Waals surface area contributed by atoms with E-state index in [1.54, 1.807) is 0 Å². The molecule has 6 N–H and O–H groups in total. The van der Waals surface area contributed by atoms with Crippen LogP contribution in [0, 0.1) is 0 Å². The molecule has 0 aliphatic rings. The first-order valence-electron chi connectivity index (χ1n) is 6.15. The van der Waals surface area contributed by atoms with E-state index in [9.17, 15) is 24.5 Å². The number of hydrogen-bond acceptors (Lipinski definition) is 6. The van der Waals surface area contributed by atoms with Gasteiger partial charge in [0, 0.05) is 6.16 Å². The summed E-state index contributed by atoms with van der Waals surface area (Å²) < 4.78 is 16.7. The fraction of sp³-hybridized carbons (Fsp3) is 0.417. The molecule has 0 amide bonds. The normalized spacial score (nSPS) is 15.2. The Kier molecular flexibility index (Phi) is 6.17. The molecule has 9 heteroatoms. The highest BCUT2D eigenvalue weighted by atomic mass is 31.2. The topological polar surface area (TPSA) is 150 Å². The number of nitrogens with two attached hydrogens (primary N) is 1. The van der Waals surface area contributed by atoms with Crippen LogP contribution in [0.25, 0.3) is 0 Å². The van der Waals surface area contributed by atoms with Crippen LogP contribution >= 0.6 is 7.37 Å². The highest BCUT2D eigenvalue weighted by molar-refractivity contribution is 7.58. The molecular formula is C12H18NO7P. The van der Waals surface area contributed by atoms with Crippen LogP contribution in [0.4, 0.5) is 0 Å². The number of carboxylic acids is 1. The largest absolute Gasteiger partial charge is 0.504 e. The first-order chi connectivity index (χ1) is 9.77. The average Bonchev–Trinajstić information content (AvgIpc) is 2.42. The molecule has 0 heterocycles. The maximum atomic E-state index is 11.9. The molecule has 0 spiro atoms. The lowest BCUT2D eigenvalue weighted by Gasteiger charge is -2.19. The molecule has 0 radical (unpaired) electrons. The third-order valence-corrected chi connectivity index (χ3v) is 4.72. The van der Waals surface area contributed by atoms with Crippen molar-refractivity contribution >= 4 is 13.3 Å². The second-order valence-corrected chi connectivity index (χ2v) is 6.85. The maximum Gasteiger partial charge on any atom is 0.341 e. The number of aliphatic hydroxyl groups is 1. The zero-order chi connectivity index (χ0) is 16.0.